The highest BCUT2D eigenvalue weighted by Crippen LogP contribution is 2.31. The number of aromatic nitrogens is 2. The number of hydrogen-bond acceptors (Lipinski definition) is 1. The van der Waals surface area contributed by atoms with Crippen molar-refractivity contribution in [1.29, 1.82) is 0 Å². The van der Waals surface area contributed by atoms with Crippen LogP contribution in [0.3, 0.4) is 0 Å². The quantitative estimate of drug-likeness (QED) is 0.0136. The van der Waals surface area contributed by atoms with Crippen LogP contribution < -0.4 is 42.7 Å². The number of nitrogens with zero attached hydrogens (tertiary/aromatic N) is 2. The molecule has 3 nitrogen and oxygen atoms in total. The van der Waals surface area contributed by atoms with Crippen LogP contribution in [-0.2, 0) is 0 Å². The van der Waals surface area contributed by atoms with Crippen molar-refractivity contribution < 1.29 is 137 Å². The van der Waals surface area contributed by atoms with Gasteiger partial charge in [0, 0.05) is 32.8 Å². The number of unbranched alkanes of at least 4 members (excludes halogenated alkanes) is 30. The molecule has 0 aliphatic rings. The molecule has 0 atom stereocenters. The van der Waals surface area contributed by atoms with Crippen LogP contribution in [0.1, 0.15) is 219 Å². The molecule has 9 rings (SSSR count). The molecule has 672 valence electrons. The zero-order valence-corrected chi connectivity index (χ0v) is 67.3. The van der Waals surface area contributed by atoms with Gasteiger partial charge in [0.1, 0.15) is 0 Å². The van der Waals surface area contributed by atoms with Gasteiger partial charge in [-0.15, -0.1) is 0 Å². The molecular formula is C88H89B2F30N3. The second-order valence-electron chi connectivity index (χ2n) is 29.6. The summed E-state index contributed by atoms with van der Waals surface area (Å²) in [5.41, 5.74) is -12.0. The summed E-state index contributed by atoms with van der Waals surface area (Å²) in [4.78, 5) is 10.5. The number of imidazole rings is 1. The molecule has 0 radical (unpaired) electrons. The maximum Gasteiger partial charge on any atom is 0.265 e. The first-order chi connectivity index (χ1) is 58.6. The van der Waals surface area contributed by atoms with Crippen molar-refractivity contribution in [1.82, 2.24) is 9.97 Å². The van der Waals surface area contributed by atoms with Crippen molar-refractivity contribution in [2.24, 2.45) is 0 Å². The van der Waals surface area contributed by atoms with Crippen molar-refractivity contribution in [2.75, 3.05) is 20.1 Å². The topological polar surface area (TPSA) is 31.4 Å². The molecule has 123 heavy (non-hydrogen) atoms. The Balaban J connectivity index is 0.000000260. The summed E-state index contributed by atoms with van der Waals surface area (Å²) in [7, 11) is 2.43. The number of benzene rings is 8. The highest BCUT2D eigenvalue weighted by molar-refractivity contribution is 6.96. The highest BCUT2D eigenvalue weighted by atomic mass is 19.2. The lowest BCUT2D eigenvalue weighted by Crippen LogP contribution is -3.09. The molecule has 0 bridgehead atoms. The van der Waals surface area contributed by atoms with Crippen molar-refractivity contribution in [3.8, 4) is 22.5 Å². The summed E-state index contributed by atoms with van der Waals surface area (Å²) < 4.78 is 417. The third-order valence-electron chi connectivity index (χ3n) is 20.8. The summed E-state index contributed by atoms with van der Waals surface area (Å²) in [5, 5.41) is 0. The third kappa shape index (κ3) is 26.5. The predicted octanol–water partition coefficient (Wildman–Crippen LogP) is 24.0. The first-order valence-electron chi connectivity index (χ1n) is 40.6. The van der Waals surface area contributed by atoms with Gasteiger partial charge in [-0.2, -0.15) is 0 Å². The Labute approximate surface area is 693 Å². The van der Waals surface area contributed by atoms with Crippen molar-refractivity contribution in [3.63, 3.8) is 0 Å². The maximum absolute atomic E-state index is 14.4. The molecule has 0 aliphatic carbocycles. The largest absolute Gasteiger partial charge is 0.443 e. The van der Waals surface area contributed by atoms with E-state index in [1.54, 1.807) is 11.2 Å². The average Bonchev–Trinajstić information content (AvgIpc) is 0.917. The van der Waals surface area contributed by atoms with Crippen molar-refractivity contribution in [3.05, 3.63) is 242 Å². The van der Waals surface area contributed by atoms with E-state index in [1.807, 2.05) is 36.4 Å². The Kier molecular flexibility index (Phi) is 42.4. The minimum atomic E-state index is -3.96. The molecule has 0 saturated heterocycles. The Hall–Kier alpha value is -9.04. The molecule has 35 heteroatoms. The zero-order chi connectivity index (χ0) is 91.1. The van der Waals surface area contributed by atoms with Gasteiger partial charge in [-0.05, 0) is 48.2 Å². The molecule has 8 aromatic carbocycles. The average molecular weight is 1780 g/mol. The van der Waals surface area contributed by atoms with E-state index in [-0.39, 0.29) is 0 Å². The third-order valence-corrected chi connectivity index (χ3v) is 20.8. The molecule has 1 aromatic heterocycles. The van der Waals surface area contributed by atoms with Gasteiger partial charge in [0.2, 0.25) is 0 Å². The van der Waals surface area contributed by atoms with E-state index < -0.39 is 221 Å². The molecule has 0 spiro atoms. The normalized spacial score (nSPS) is 11.3. The van der Waals surface area contributed by atoms with Crippen molar-refractivity contribution >= 4 is 46.2 Å². The predicted molar refractivity (Wildman–Crippen MR) is 411 cm³/mol. The Morgan fingerprint density at radius 3 is 0.569 bits per heavy atom. The number of halogens is 30. The number of quaternary nitrogens is 1. The van der Waals surface area contributed by atoms with Gasteiger partial charge in [0.25, 0.3) is 13.4 Å². The SMILES string of the molecule is CCCCCCCCCCCCCCCCCC[NH+](C)CCCCCCCCCCCCCCCCCC.Fc1c(F)c(F)c(B(c2c(F)c(F)c(F)c(F)c2F)c2c(F)c(F)c(F)c(F)c2F)c(F)c1F.Fc1c(F)c(F)c(B(c2c(F)c(F)c(F)c(F)c2F)c2c(F)c(F)c(F)c(F)c2F)c(F)c1F.c1ccc(-c2nc[n-]c2-c2ccccc2)cc1. The van der Waals surface area contributed by atoms with Crippen LogP contribution in [-0.4, -0.2) is 38.5 Å². The van der Waals surface area contributed by atoms with Crippen LogP contribution >= 0.6 is 0 Å². The van der Waals surface area contributed by atoms with E-state index in [1.165, 1.54) is 219 Å². The van der Waals surface area contributed by atoms with Gasteiger partial charge in [-0.1, -0.05) is 261 Å². The minimum Gasteiger partial charge on any atom is -0.443 e. The van der Waals surface area contributed by atoms with Gasteiger partial charge in [-0.3, -0.25) is 0 Å². The Morgan fingerprint density at radius 2 is 0.382 bits per heavy atom. The summed E-state index contributed by atoms with van der Waals surface area (Å²) in [6, 6.07) is 20.3. The second-order valence-corrected chi connectivity index (χ2v) is 29.6. The first kappa shape index (κ1) is 103. The van der Waals surface area contributed by atoms with Crippen LogP contribution in [0.25, 0.3) is 22.5 Å². The van der Waals surface area contributed by atoms with E-state index in [0.29, 0.717) is 0 Å². The second kappa shape index (κ2) is 50.8. The first-order valence-corrected chi connectivity index (χ1v) is 40.6. The molecule has 0 saturated carbocycles. The Bertz CT molecular complexity index is 4100. The lowest BCUT2D eigenvalue weighted by atomic mass is 9.36. The van der Waals surface area contributed by atoms with Gasteiger partial charge < -0.3 is 14.9 Å². The minimum absolute atomic E-state index is 0.941. The summed E-state index contributed by atoms with van der Waals surface area (Å²) in [6.45, 7) is -0.502. The van der Waals surface area contributed by atoms with Crippen LogP contribution in [0.5, 0.6) is 0 Å². The fourth-order valence-electron chi connectivity index (χ4n) is 14.1. The van der Waals surface area contributed by atoms with Crippen LogP contribution in [0.4, 0.5) is 132 Å². The van der Waals surface area contributed by atoms with Crippen LogP contribution in [0.2, 0.25) is 0 Å². The molecule has 0 amide bonds. The van der Waals surface area contributed by atoms with E-state index in [9.17, 15) is 132 Å². The lowest BCUT2D eigenvalue weighted by molar-refractivity contribution is -0.880. The molecule has 9 aromatic rings. The molecular weight excluding hydrogens is 1690 g/mol. The van der Waals surface area contributed by atoms with Gasteiger partial charge >= 0.3 is 0 Å². The molecule has 1 N–H and O–H groups in total. The summed E-state index contributed by atoms with van der Waals surface area (Å²) in [6.07, 6.45) is 48.7. The number of hydrogen-bond donors (Lipinski definition) is 1. The number of nitrogens with one attached hydrogen (secondary N) is 1. The smallest absolute Gasteiger partial charge is 0.265 e. The molecule has 0 aliphatic heterocycles. The summed E-state index contributed by atoms with van der Waals surface area (Å²) in [5.74, 6) is -90.4. The maximum atomic E-state index is 14.4. The number of rotatable bonds is 42. The van der Waals surface area contributed by atoms with Crippen LogP contribution in [0, 0.1) is 175 Å². The summed E-state index contributed by atoms with van der Waals surface area (Å²) >= 11 is 0. The van der Waals surface area contributed by atoms with Crippen LogP contribution in [0.15, 0.2) is 67.0 Å². The Morgan fingerprint density at radius 1 is 0.220 bits per heavy atom. The van der Waals surface area contributed by atoms with Gasteiger partial charge in [0.15, 0.2) is 175 Å². The van der Waals surface area contributed by atoms with E-state index >= 15 is 0 Å². The van der Waals surface area contributed by atoms with E-state index in [4.69, 9.17) is 0 Å². The lowest BCUT2D eigenvalue weighted by Gasteiger charge is -2.21. The molecule has 0 fully saturated rings. The fraction of sp³-hybridized carbons (Fsp3) is 0.420. The highest BCUT2D eigenvalue weighted by Gasteiger charge is 2.48. The standard InChI is InChI=1S/C37H77N.2C18BF15.C15H11N2/c1-4-6-8-10-12-14-16-18-20-22-24-26-28-30-32-34-36-38(3)37-35-33-31-29-27-25-23-21-19-17-15-13-11-9-7-5-2;2*20-4-1(5(21)11(27)16(32)10(4)26)19(2-6(22)12(28)17(33)13(29)7(2)23)3-8(24)14(30)18(34)15(31)9(3)25;1-3-7-12(8-4-1)14-15(17-11-16-14)13-9-5-2-6-10-13/h4-37H2,1-3H3;;;1-11H/q;;;-1/p+1. The van der Waals surface area contributed by atoms with E-state index in [2.05, 4.69) is 55.1 Å². The zero-order valence-electron chi connectivity index (χ0n) is 67.3. The van der Waals surface area contributed by atoms with Crippen molar-refractivity contribution in [2.45, 2.75) is 219 Å². The van der Waals surface area contributed by atoms with Gasteiger partial charge in [0.05, 0.1) is 20.1 Å². The van der Waals surface area contributed by atoms with Gasteiger partial charge in [-0.25, -0.2) is 132 Å². The fourth-order valence-corrected chi connectivity index (χ4v) is 14.1. The monoisotopic (exact) mass is 1780 g/mol. The molecule has 1 heterocycles. The molecule has 0 unspecified atom stereocenters. The van der Waals surface area contributed by atoms with E-state index in [0.717, 1.165) is 22.5 Å².